The highest BCUT2D eigenvalue weighted by molar-refractivity contribution is 5.78. The average molecular weight is 317 g/mol. The van der Waals surface area contributed by atoms with Gasteiger partial charge >= 0.3 is 6.18 Å². The first kappa shape index (κ1) is 16.6. The fourth-order valence-corrected chi connectivity index (χ4v) is 2.47. The molecular weight excluding hydrogens is 299 g/mol. The number of nitrogens with zero attached hydrogens (tertiary/aromatic N) is 1. The molecular formula is C15H18F3NO3. The van der Waals surface area contributed by atoms with Crippen LogP contribution in [0.1, 0.15) is 18.9 Å². The number of carbonyl (C=O) groups is 1. The monoisotopic (exact) mass is 317 g/mol. The molecule has 0 bridgehead atoms. The van der Waals surface area contributed by atoms with Crippen molar-refractivity contribution in [2.24, 2.45) is 5.92 Å². The lowest BCUT2D eigenvalue weighted by Crippen LogP contribution is -2.34. The molecule has 1 fully saturated rings. The van der Waals surface area contributed by atoms with Gasteiger partial charge in [0.15, 0.2) is 6.61 Å². The number of ether oxygens (including phenoxy) is 1. The first-order valence-corrected chi connectivity index (χ1v) is 7.04. The molecule has 0 aliphatic carbocycles. The SMILES string of the molecule is CC(O)C1CCN(C(=O)COc2ccccc2C(F)(F)F)C1. The van der Waals surface area contributed by atoms with Crippen molar-refractivity contribution >= 4 is 5.91 Å². The predicted molar refractivity (Wildman–Crippen MR) is 73.3 cm³/mol. The third-order valence-corrected chi connectivity index (χ3v) is 3.80. The molecule has 2 atom stereocenters. The molecule has 1 amide bonds. The molecule has 7 heteroatoms. The van der Waals surface area contributed by atoms with Crippen molar-refractivity contribution in [1.29, 1.82) is 0 Å². The average Bonchev–Trinajstić information content (AvgIpc) is 2.94. The fraction of sp³-hybridized carbons (Fsp3) is 0.533. The minimum absolute atomic E-state index is 0.00594. The number of hydrogen-bond acceptors (Lipinski definition) is 3. The van der Waals surface area contributed by atoms with Gasteiger partial charge in [-0.3, -0.25) is 4.79 Å². The maximum Gasteiger partial charge on any atom is 0.419 e. The van der Waals surface area contributed by atoms with E-state index in [4.69, 9.17) is 4.74 Å². The number of aliphatic hydroxyl groups excluding tert-OH is 1. The topological polar surface area (TPSA) is 49.8 Å². The molecule has 0 aromatic heterocycles. The van der Waals surface area contributed by atoms with Gasteiger partial charge in [0.1, 0.15) is 5.75 Å². The summed E-state index contributed by atoms with van der Waals surface area (Å²) in [5.41, 5.74) is -0.897. The van der Waals surface area contributed by atoms with Gasteiger partial charge in [-0.2, -0.15) is 13.2 Å². The quantitative estimate of drug-likeness (QED) is 0.927. The van der Waals surface area contributed by atoms with E-state index in [1.807, 2.05) is 0 Å². The zero-order valence-corrected chi connectivity index (χ0v) is 12.1. The van der Waals surface area contributed by atoms with E-state index in [9.17, 15) is 23.1 Å². The van der Waals surface area contributed by atoms with Gasteiger partial charge in [-0.1, -0.05) is 12.1 Å². The van der Waals surface area contributed by atoms with Crippen LogP contribution >= 0.6 is 0 Å². The van der Waals surface area contributed by atoms with Gasteiger partial charge in [0.25, 0.3) is 5.91 Å². The smallest absolute Gasteiger partial charge is 0.419 e. The van der Waals surface area contributed by atoms with Crippen molar-refractivity contribution in [2.45, 2.75) is 25.6 Å². The fourth-order valence-electron chi connectivity index (χ4n) is 2.47. The number of halogens is 3. The number of carbonyl (C=O) groups excluding carboxylic acids is 1. The van der Waals surface area contributed by atoms with Crippen molar-refractivity contribution in [3.63, 3.8) is 0 Å². The summed E-state index contributed by atoms with van der Waals surface area (Å²) in [5.74, 6) is -0.721. The Morgan fingerprint density at radius 2 is 2.14 bits per heavy atom. The predicted octanol–water partition coefficient (Wildman–Crippen LogP) is 2.31. The lowest BCUT2D eigenvalue weighted by Gasteiger charge is -2.19. The second-order valence-corrected chi connectivity index (χ2v) is 5.41. The summed E-state index contributed by atoms with van der Waals surface area (Å²) in [4.78, 5) is 13.5. The van der Waals surface area contributed by atoms with Crippen LogP contribution in [0.25, 0.3) is 0 Å². The molecule has 1 N–H and O–H groups in total. The summed E-state index contributed by atoms with van der Waals surface area (Å²) in [6, 6.07) is 4.80. The van der Waals surface area contributed by atoms with Crippen molar-refractivity contribution < 1.29 is 27.8 Å². The van der Waals surface area contributed by atoms with E-state index in [0.717, 1.165) is 6.07 Å². The molecule has 2 unspecified atom stereocenters. The number of para-hydroxylation sites is 1. The lowest BCUT2D eigenvalue weighted by molar-refractivity contribution is -0.140. The Morgan fingerprint density at radius 1 is 1.45 bits per heavy atom. The number of likely N-dealkylation sites (tertiary alicyclic amines) is 1. The number of aliphatic hydroxyl groups is 1. The van der Waals surface area contributed by atoms with Crippen molar-refractivity contribution in [2.75, 3.05) is 19.7 Å². The van der Waals surface area contributed by atoms with E-state index < -0.39 is 24.5 Å². The Kier molecular flexibility index (Phi) is 4.95. The van der Waals surface area contributed by atoms with E-state index in [-0.39, 0.29) is 17.6 Å². The minimum Gasteiger partial charge on any atom is -0.483 e. The summed E-state index contributed by atoms with van der Waals surface area (Å²) >= 11 is 0. The number of benzene rings is 1. The molecule has 0 radical (unpaired) electrons. The maximum absolute atomic E-state index is 12.8. The molecule has 1 saturated heterocycles. The van der Waals surface area contributed by atoms with Gasteiger partial charge < -0.3 is 14.7 Å². The number of hydrogen-bond donors (Lipinski definition) is 1. The largest absolute Gasteiger partial charge is 0.483 e. The van der Waals surface area contributed by atoms with Gasteiger partial charge in [0.2, 0.25) is 0 Å². The third-order valence-electron chi connectivity index (χ3n) is 3.80. The normalized spacial score (nSPS) is 20.0. The van der Waals surface area contributed by atoms with Crippen LogP contribution < -0.4 is 4.74 Å². The molecule has 1 heterocycles. The van der Waals surface area contributed by atoms with Crippen LogP contribution in [0, 0.1) is 5.92 Å². The Bertz CT molecular complexity index is 531. The van der Waals surface area contributed by atoms with Gasteiger partial charge in [0, 0.05) is 19.0 Å². The minimum atomic E-state index is -4.52. The summed E-state index contributed by atoms with van der Waals surface area (Å²) in [7, 11) is 0. The zero-order chi connectivity index (χ0) is 16.3. The Hall–Kier alpha value is -1.76. The van der Waals surface area contributed by atoms with Crippen LogP contribution in [0.5, 0.6) is 5.75 Å². The van der Waals surface area contributed by atoms with Crippen LogP contribution in [-0.2, 0) is 11.0 Å². The molecule has 4 nitrogen and oxygen atoms in total. The van der Waals surface area contributed by atoms with E-state index in [1.165, 1.54) is 23.1 Å². The third kappa shape index (κ3) is 3.91. The van der Waals surface area contributed by atoms with Crippen LogP contribution in [-0.4, -0.2) is 41.7 Å². The summed E-state index contributed by atoms with van der Waals surface area (Å²) in [6.07, 6.45) is -4.35. The number of amides is 1. The van der Waals surface area contributed by atoms with Gasteiger partial charge in [-0.25, -0.2) is 0 Å². The standard InChI is InChI=1S/C15H18F3NO3/c1-10(20)11-6-7-19(8-11)14(21)9-22-13-5-3-2-4-12(13)15(16,17)18/h2-5,10-11,20H,6-9H2,1H3. The van der Waals surface area contributed by atoms with Crippen LogP contribution in [0.4, 0.5) is 13.2 Å². The Balaban J connectivity index is 1.95. The van der Waals surface area contributed by atoms with Crippen LogP contribution in [0.2, 0.25) is 0 Å². The molecule has 2 rings (SSSR count). The molecule has 122 valence electrons. The van der Waals surface area contributed by atoms with Crippen molar-refractivity contribution in [1.82, 2.24) is 4.90 Å². The number of alkyl halides is 3. The highest BCUT2D eigenvalue weighted by Gasteiger charge is 2.34. The highest BCUT2D eigenvalue weighted by Crippen LogP contribution is 2.35. The van der Waals surface area contributed by atoms with E-state index in [1.54, 1.807) is 6.92 Å². The van der Waals surface area contributed by atoms with Gasteiger partial charge in [-0.05, 0) is 25.5 Å². The zero-order valence-electron chi connectivity index (χ0n) is 12.1. The molecule has 1 aromatic rings. The van der Waals surface area contributed by atoms with Crippen LogP contribution in [0.15, 0.2) is 24.3 Å². The highest BCUT2D eigenvalue weighted by atomic mass is 19.4. The number of rotatable bonds is 4. The molecule has 22 heavy (non-hydrogen) atoms. The first-order valence-electron chi connectivity index (χ1n) is 7.04. The van der Waals surface area contributed by atoms with E-state index in [2.05, 4.69) is 0 Å². The van der Waals surface area contributed by atoms with E-state index >= 15 is 0 Å². The summed E-state index contributed by atoms with van der Waals surface area (Å²) in [6.45, 7) is 2.10. The van der Waals surface area contributed by atoms with Crippen molar-refractivity contribution in [3.8, 4) is 5.75 Å². The molecule has 0 saturated carbocycles. The maximum atomic E-state index is 12.8. The van der Waals surface area contributed by atoms with Crippen molar-refractivity contribution in [3.05, 3.63) is 29.8 Å². The molecule has 1 aromatic carbocycles. The van der Waals surface area contributed by atoms with Crippen LogP contribution in [0.3, 0.4) is 0 Å². The lowest BCUT2D eigenvalue weighted by atomic mass is 10.0. The summed E-state index contributed by atoms with van der Waals surface area (Å²) < 4.78 is 43.5. The molecule has 0 spiro atoms. The molecule has 1 aliphatic heterocycles. The first-order chi connectivity index (χ1) is 10.3. The Labute approximate surface area is 126 Å². The second kappa shape index (κ2) is 6.56. The summed E-state index contributed by atoms with van der Waals surface area (Å²) in [5, 5.41) is 9.49. The Morgan fingerprint density at radius 3 is 2.73 bits per heavy atom. The van der Waals surface area contributed by atoms with E-state index in [0.29, 0.717) is 19.5 Å². The molecule has 1 aliphatic rings. The second-order valence-electron chi connectivity index (χ2n) is 5.41. The van der Waals surface area contributed by atoms with Gasteiger partial charge in [-0.15, -0.1) is 0 Å². The van der Waals surface area contributed by atoms with Gasteiger partial charge in [0.05, 0.1) is 11.7 Å².